The number of hydrogen-bond donors (Lipinski definition) is 1. The fourth-order valence-corrected chi connectivity index (χ4v) is 1.34. The standard InChI is InChI=1S/C13H16FNO2/c1-8(2)12(16)7-15-13(17)10-4-9(3)5-11(14)6-10/h4-6,8H,7H2,1-3H3,(H,15,17). The Balaban J connectivity index is 2.67. The van der Waals surface area contributed by atoms with E-state index < -0.39 is 11.7 Å². The lowest BCUT2D eigenvalue weighted by atomic mass is 10.1. The molecule has 0 fully saturated rings. The molecule has 0 atom stereocenters. The van der Waals surface area contributed by atoms with Crippen molar-refractivity contribution >= 4 is 11.7 Å². The predicted molar refractivity (Wildman–Crippen MR) is 63.3 cm³/mol. The summed E-state index contributed by atoms with van der Waals surface area (Å²) in [5, 5.41) is 2.48. The van der Waals surface area contributed by atoms with E-state index in [0.717, 1.165) is 6.07 Å². The first kappa shape index (κ1) is 13.4. The van der Waals surface area contributed by atoms with Gasteiger partial charge in [0.2, 0.25) is 0 Å². The van der Waals surface area contributed by atoms with Gasteiger partial charge in [-0.05, 0) is 30.7 Å². The van der Waals surface area contributed by atoms with Gasteiger partial charge >= 0.3 is 0 Å². The molecule has 1 aromatic rings. The van der Waals surface area contributed by atoms with Crippen LogP contribution in [0.5, 0.6) is 0 Å². The average molecular weight is 237 g/mol. The number of hydrogen-bond acceptors (Lipinski definition) is 2. The van der Waals surface area contributed by atoms with Crippen LogP contribution in [0.2, 0.25) is 0 Å². The van der Waals surface area contributed by atoms with E-state index in [0.29, 0.717) is 5.56 Å². The lowest BCUT2D eigenvalue weighted by Crippen LogP contribution is -2.31. The zero-order valence-electron chi connectivity index (χ0n) is 10.2. The Hall–Kier alpha value is -1.71. The Labute approximate surface area is 100 Å². The largest absolute Gasteiger partial charge is 0.345 e. The molecule has 0 radical (unpaired) electrons. The van der Waals surface area contributed by atoms with E-state index in [1.54, 1.807) is 26.8 Å². The molecular weight excluding hydrogens is 221 g/mol. The van der Waals surface area contributed by atoms with Gasteiger partial charge in [-0.25, -0.2) is 4.39 Å². The van der Waals surface area contributed by atoms with Crippen LogP contribution in [-0.2, 0) is 4.79 Å². The van der Waals surface area contributed by atoms with Crippen LogP contribution in [0.25, 0.3) is 0 Å². The lowest BCUT2D eigenvalue weighted by molar-refractivity contribution is -0.120. The van der Waals surface area contributed by atoms with Crippen LogP contribution in [0.1, 0.15) is 29.8 Å². The molecule has 17 heavy (non-hydrogen) atoms. The van der Waals surface area contributed by atoms with Gasteiger partial charge in [0.05, 0.1) is 6.54 Å². The summed E-state index contributed by atoms with van der Waals surface area (Å²) in [4.78, 5) is 23.0. The molecule has 92 valence electrons. The molecular formula is C13H16FNO2. The molecule has 0 saturated carbocycles. The van der Waals surface area contributed by atoms with Crippen molar-refractivity contribution < 1.29 is 14.0 Å². The summed E-state index contributed by atoms with van der Waals surface area (Å²) in [6.07, 6.45) is 0. The molecule has 1 N–H and O–H groups in total. The molecule has 1 rings (SSSR count). The van der Waals surface area contributed by atoms with Gasteiger partial charge in [0.25, 0.3) is 5.91 Å². The van der Waals surface area contributed by atoms with Crippen LogP contribution in [-0.4, -0.2) is 18.2 Å². The SMILES string of the molecule is Cc1cc(F)cc(C(=O)NCC(=O)C(C)C)c1. The molecule has 0 saturated heterocycles. The van der Waals surface area contributed by atoms with Gasteiger partial charge in [0.15, 0.2) is 5.78 Å². The minimum Gasteiger partial charge on any atom is -0.345 e. The van der Waals surface area contributed by atoms with Gasteiger partial charge in [-0.15, -0.1) is 0 Å². The number of rotatable bonds is 4. The molecule has 3 nitrogen and oxygen atoms in total. The van der Waals surface area contributed by atoms with Crippen molar-refractivity contribution in [3.8, 4) is 0 Å². The maximum Gasteiger partial charge on any atom is 0.251 e. The highest BCUT2D eigenvalue weighted by Gasteiger charge is 2.11. The van der Waals surface area contributed by atoms with Gasteiger partial charge in [-0.1, -0.05) is 13.8 Å². The minimum atomic E-state index is -0.453. The van der Waals surface area contributed by atoms with Crippen molar-refractivity contribution in [1.82, 2.24) is 5.32 Å². The number of halogens is 1. The zero-order chi connectivity index (χ0) is 13.0. The summed E-state index contributed by atoms with van der Waals surface area (Å²) in [6.45, 7) is 5.22. The van der Waals surface area contributed by atoms with Gasteiger partial charge in [-0.3, -0.25) is 9.59 Å². The summed E-state index contributed by atoms with van der Waals surface area (Å²) >= 11 is 0. The number of aryl methyl sites for hydroxylation is 1. The Kier molecular flexibility index (Phi) is 4.37. The Morgan fingerprint density at radius 1 is 1.29 bits per heavy atom. The quantitative estimate of drug-likeness (QED) is 0.871. The second-order valence-electron chi connectivity index (χ2n) is 4.32. The van der Waals surface area contributed by atoms with E-state index in [2.05, 4.69) is 5.32 Å². The van der Waals surface area contributed by atoms with Crippen LogP contribution in [0.3, 0.4) is 0 Å². The van der Waals surface area contributed by atoms with Crippen molar-refractivity contribution in [2.75, 3.05) is 6.54 Å². The number of ketones is 1. The van der Waals surface area contributed by atoms with Crippen molar-refractivity contribution in [2.45, 2.75) is 20.8 Å². The highest BCUT2D eigenvalue weighted by atomic mass is 19.1. The maximum atomic E-state index is 13.1. The van der Waals surface area contributed by atoms with E-state index in [4.69, 9.17) is 0 Å². The summed E-state index contributed by atoms with van der Waals surface area (Å²) in [7, 11) is 0. The second kappa shape index (κ2) is 5.57. The van der Waals surface area contributed by atoms with E-state index in [9.17, 15) is 14.0 Å². The molecule has 0 aliphatic carbocycles. The topological polar surface area (TPSA) is 46.2 Å². The molecule has 4 heteroatoms. The first-order chi connectivity index (χ1) is 7.90. The van der Waals surface area contributed by atoms with Gasteiger partial charge in [0, 0.05) is 11.5 Å². The molecule has 0 bridgehead atoms. The smallest absolute Gasteiger partial charge is 0.251 e. The van der Waals surface area contributed by atoms with Crippen LogP contribution in [0.15, 0.2) is 18.2 Å². The van der Waals surface area contributed by atoms with Gasteiger partial charge in [0.1, 0.15) is 5.82 Å². The number of carbonyl (C=O) groups is 2. The van der Waals surface area contributed by atoms with E-state index in [1.807, 2.05) is 0 Å². The van der Waals surface area contributed by atoms with Crippen molar-refractivity contribution in [1.29, 1.82) is 0 Å². The van der Waals surface area contributed by atoms with Gasteiger partial charge < -0.3 is 5.32 Å². The molecule has 0 aliphatic rings. The average Bonchev–Trinajstić information content (AvgIpc) is 2.23. The predicted octanol–water partition coefficient (Wildman–Crippen LogP) is 2.09. The second-order valence-corrected chi connectivity index (χ2v) is 4.32. The summed E-state index contributed by atoms with van der Waals surface area (Å²) in [6, 6.07) is 4.08. The van der Waals surface area contributed by atoms with E-state index >= 15 is 0 Å². The Morgan fingerprint density at radius 3 is 2.47 bits per heavy atom. The number of carbonyl (C=O) groups excluding carboxylic acids is 2. The first-order valence-electron chi connectivity index (χ1n) is 5.48. The highest BCUT2D eigenvalue weighted by molar-refractivity contribution is 5.97. The molecule has 1 amide bonds. The maximum absolute atomic E-state index is 13.1. The third-order valence-electron chi connectivity index (χ3n) is 2.37. The number of Topliss-reactive ketones (excluding diaryl/α,β-unsaturated/α-hetero) is 1. The fourth-order valence-electron chi connectivity index (χ4n) is 1.34. The molecule has 0 heterocycles. The number of benzene rings is 1. The third kappa shape index (κ3) is 3.98. The van der Waals surface area contributed by atoms with Crippen LogP contribution >= 0.6 is 0 Å². The number of nitrogens with one attached hydrogen (secondary N) is 1. The molecule has 0 aliphatic heterocycles. The first-order valence-corrected chi connectivity index (χ1v) is 5.48. The summed E-state index contributed by atoms with van der Waals surface area (Å²) in [5.74, 6) is -1.05. The Bertz CT molecular complexity index is 421. The monoisotopic (exact) mass is 237 g/mol. The lowest BCUT2D eigenvalue weighted by Gasteiger charge is -2.07. The summed E-state index contributed by atoms with van der Waals surface area (Å²) < 4.78 is 13.1. The normalized spacial score (nSPS) is 10.4. The van der Waals surface area contributed by atoms with Crippen LogP contribution in [0, 0.1) is 18.7 Å². The van der Waals surface area contributed by atoms with Crippen LogP contribution < -0.4 is 5.32 Å². The zero-order valence-corrected chi connectivity index (χ0v) is 10.2. The van der Waals surface area contributed by atoms with Crippen molar-refractivity contribution in [2.24, 2.45) is 5.92 Å². The molecule has 0 spiro atoms. The van der Waals surface area contributed by atoms with E-state index in [1.165, 1.54) is 6.07 Å². The number of amides is 1. The molecule has 0 aromatic heterocycles. The van der Waals surface area contributed by atoms with Crippen molar-refractivity contribution in [3.05, 3.63) is 35.1 Å². The minimum absolute atomic E-state index is 0.0218. The molecule has 0 unspecified atom stereocenters. The third-order valence-corrected chi connectivity index (χ3v) is 2.37. The fraction of sp³-hybridized carbons (Fsp3) is 0.385. The Morgan fingerprint density at radius 2 is 1.94 bits per heavy atom. The molecule has 1 aromatic carbocycles. The summed E-state index contributed by atoms with van der Waals surface area (Å²) in [5.41, 5.74) is 0.907. The van der Waals surface area contributed by atoms with Crippen molar-refractivity contribution in [3.63, 3.8) is 0 Å². The van der Waals surface area contributed by atoms with E-state index in [-0.39, 0.29) is 23.8 Å². The highest BCUT2D eigenvalue weighted by Crippen LogP contribution is 2.08. The van der Waals surface area contributed by atoms with Crippen LogP contribution in [0.4, 0.5) is 4.39 Å². The van der Waals surface area contributed by atoms with Gasteiger partial charge in [-0.2, -0.15) is 0 Å².